The normalized spacial score (nSPS) is 10.4. The van der Waals surface area contributed by atoms with Crippen molar-refractivity contribution >= 4 is 16.8 Å². The molecule has 2 aromatic rings. The summed E-state index contributed by atoms with van der Waals surface area (Å²) in [7, 11) is 0. The van der Waals surface area contributed by atoms with E-state index in [9.17, 15) is 0 Å². The summed E-state index contributed by atoms with van der Waals surface area (Å²) in [4.78, 5) is 4.20. The average Bonchev–Trinajstić information content (AvgIpc) is 2.53. The van der Waals surface area contributed by atoms with Crippen LogP contribution in [-0.2, 0) is 0 Å². The first kappa shape index (κ1) is 7.16. The fourth-order valence-electron chi connectivity index (χ4n) is 1.20. The predicted octanol–water partition coefficient (Wildman–Crippen LogP) is 2.26. The molecule has 0 aromatic carbocycles. The van der Waals surface area contributed by atoms with Crippen molar-refractivity contribution in [3.05, 3.63) is 24.6 Å². The number of nitrogens with zero attached hydrogens (tertiary/aromatic N) is 1. The Hall–Kier alpha value is -1.51. The van der Waals surface area contributed by atoms with Crippen LogP contribution in [0.2, 0.25) is 0 Å². The molecule has 3 nitrogen and oxygen atoms in total. The quantitative estimate of drug-likeness (QED) is 0.736. The molecule has 0 saturated carbocycles. The van der Waals surface area contributed by atoms with Gasteiger partial charge in [0.05, 0.1) is 11.6 Å². The molecule has 0 saturated heterocycles. The summed E-state index contributed by atoms with van der Waals surface area (Å²) in [5.41, 5.74) is 0.876. The van der Waals surface area contributed by atoms with Crippen LogP contribution in [0.4, 0.5) is 5.82 Å². The number of hydrogen-bond acceptors (Lipinski definition) is 3. The molecule has 0 unspecified atom stereocenters. The molecule has 3 heteroatoms. The Balaban J connectivity index is 2.57. The zero-order valence-corrected chi connectivity index (χ0v) is 6.87. The van der Waals surface area contributed by atoms with Gasteiger partial charge in [-0.3, -0.25) is 0 Å². The third-order valence-corrected chi connectivity index (χ3v) is 1.72. The molecule has 0 aliphatic rings. The third kappa shape index (κ3) is 1.03. The average molecular weight is 162 g/mol. The largest absolute Gasteiger partial charge is 0.464 e. The van der Waals surface area contributed by atoms with Crippen LogP contribution in [0.3, 0.4) is 0 Å². The van der Waals surface area contributed by atoms with Gasteiger partial charge in [0.2, 0.25) is 0 Å². The molecule has 62 valence electrons. The van der Waals surface area contributed by atoms with Gasteiger partial charge in [-0.1, -0.05) is 0 Å². The Morgan fingerprint density at radius 1 is 1.50 bits per heavy atom. The van der Waals surface area contributed by atoms with Crippen molar-refractivity contribution in [1.29, 1.82) is 0 Å². The molecule has 2 aromatic heterocycles. The molecule has 0 atom stereocenters. The van der Waals surface area contributed by atoms with Crippen LogP contribution in [0.25, 0.3) is 11.0 Å². The van der Waals surface area contributed by atoms with Gasteiger partial charge >= 0.3 is 0 Å². The smallest absolute Gasteiger partial charge is 0.139 e. The number of hydrogen-bond donors (Lipinski definition) is 1. The molecular formula is C9H10N2O. The van der Waals surface area contributed by atoms with Crippen LogP contribution >= 0.6 is 0 Å². The van der Waals surface area contributed by atoms with Gasteiger partial charge in [0, 0.05) is 12.7 Å². The van der Waals surface area contributed by atoms with Gasteiger partial charge in [-0.05, 0) is 19.1 Å². The number of rotatable bonds is 2. The van der Waals surface area contributed by atoms with Gasteiger partial charge in [0.15, 0.2) is 0 Å². The molecule has 0 fully saturated rings. The molecule has 0 aliphatic carbocycles. The van der Waals surface area contributed by atoms with Gasteiger partial charge in [-0.2, -0.15) is 0 Å². The highest BCUT2D eigenvalue weighted by Gasteiger charge is 2.01. The van der Waals surface area contributed by atoms with E-state index >= 15 is 0 Å². The molecule has 0 bridgehead atoms. The van der Waals surface area contributed by atoms with Crippen molar-refractivity contribution in [2.24, 2.45) is 0 Å². The number of anilines is 1. The zero-order valence-electron chi connectivity index (χ0n) is 6.87. The van der Waals surface area contributed by atoms with Gasteiger partial charge < -0.3 is 9.73 Å². The highest BCUT2D eigenvalue weighted by atomic mass is 16.3. The van der Waals surface area contributed by atoms with Gasteiger partial charge in [-0.25, -0.2) is 4.98 Å². The summed E-state index contributed by atoms with van der Waals surface area (Å²) >= 11 is 0. The number of pyridine rings is 1. The fourth-order valence-corrected chi connectivity index (χ4v) is 1.20. The lowest BCUT2D eigenvalue weighted by Gasteiger charge is -2.01. The van der Waals surface area contributed by atoms with E-state index in [2.05, 4.69) is 10.3 Å². The molecule has 0 spiro atoms. The van der Waals surface area contributed by atoms with Gasteiger partial charge in [0.25, 0.3) is 0 Å². The molecule has 2 heterocycles. The maximum atomic E-state index is 5.22. The minimum Gasteiger partial charge on any atom is -0.464 e. The number of furan rings is 1. The Kier molecular flexibility index (Phi) is 1.70. The lowest BCUT2D eigenvalue weighted by molar-refractivity contribution is 0.615. The Morgan fingerprint density at radius 3 is 3.25 bits per heavy atom. The highest BCUT2D eigenvalue weighted by molar-refractivity contribution is 5.87. The maximum Gasteiger partial charge on any atom is 0.139 e. The van der Waals surface area contributed by atoms with Gasteiger partial charge in [0.1, 0.15) is 11.4 Å². The van der Waals surface area contributed by atoms with Crippen molar-refractivity contribution < 1.29 is 4.42 Å². The molecule has 0 amide bonds. The number of aromatic nitrogens is 1. The minimum absolute atomic E-state index is 0.872. The summed E-state index contributed by atoms with van der Waals surface area (Å²) in [6.07, 6.45) is 3.41. The summed E-state index contributed by atoms with van der Waals surface area (Å²) in [5.74, 6) is 0.892. The van der Waals surface area contributed by atoms with Crippen molar-refractivity contribution in [2.75, 3.05) is 11.9 Å². The van der Waals surface area contributed by atoms with Crippen LogP contribution in [0, 0.1) is 0 Å². The summed E-state index contributed by atoms with van der Waals surface area (Å²) in [5, 5.41) is 4.21. The second-order valence-corrected chi connectivity index (χ2v) is 2.52. The van der Waals surface area contributed by atoms with E-state index in [4.69, 9.17) is 4.42 Å². The SMILES string of the molecule is CCNc1nccc2occc12. The Labute approximate surface area is 70.4 Å². The van der Waals surface area contributed by atoms with E-state index in [0.29, 0.717) is 0 Å². The van der Waals surface area contributed by atoms with Crippen LogP contribution in [0.5, 0.6) is 0 Å². The van der Waals surface area contributed by atoms with Crippen molar-refractivity contribution in [3.8, 4) is 0 Å². The molecule has 1 N–H and O–H groups in total. The zero-order chi connectivity index (χ0) is 8.39. The van der Waals surface area contributed by atoms with Crippen LogP contribution in [0.15, 0.2) is 29.0 Å². The van der Waals surface area contributed by atoms with Crippen molar-refractivity contribution in [2.45, 2.75) is 6.92 Å². The Bertz CT molecular complexity index is 381. The first-order valence-corrected chi connectivity index (χ1v) is 3.98. The standard InChI is InChI=1S/C9H10N2O/c1-2-10-9-7-4-6-12-8(7)3-5-11-9/h3-6H,2H2,1H3,(H,10,11). The lowest BCUT2D eigenvalue weighted by Crippen LogP contribution is -1.98. The fraction of sp³-hybridized carbons (Fsp3) is 0.222. The first-order chi connectivity index (χ1) is 5.92. The molecule has 0 aliphatic heterocycles. The van der Waals surface area contributed by atoms with E-state index in [1.807, 2.05) is 19.1 Å². The molecule has 2 rings (SSSR count). The van der Waals surface area contributed by atoms with Crippen LogP contribution < -0.4 is 5.32 Å². The highest BCUT2D eigenvalue weighted by Crippen LogP contribution is 2.21. The maximum absolute atomic E-state index is 5.22. The predicted molar refractivity (Wildman–Crippen MR) is 48.2 cm³/mol. The van der Waals surface area contributed by atoms with Crippen LogP contribution in [0.1, 0.15) is 6.92 Å². The first-order valence-electron chi connectivity index (χ1n) is 3.98. The lowest BCUT2D eigenvalue weighted by atomic mass is 10.3. The van der Waals surface area contributed by atoms with Crippen molar-refractivity contribution in [1.82, 2.24) is 4.98 Å². The third-order valence-electron chi connectivity index (χ3n) is 1.72. The van der Waals surface area contributed by atoms with Gasteiger partial charge in [-0.15, -0.1) is 0 Å². The van der Waals surface area contributed by atoms with E-state index in [1.165, 1.54) is 0 Å². The molecular weight excluding hydrogens is 152 g/mol. The van der Waals surface area contributed by atoms with E-state index in [1.54, 1.807) is 12.5 Å². The number of nitrogens with one attached hydrogen (secondary N) is 1. The second kappa shape index (κ2) is 2.85. The topological polar surface area (TPSA) is 38.1 Å². The summed E-state index contributed by atoms with van der Waals surface area (Å²) in [6, 6.07) is 3.77. The molecule has 12 heavy (non-hydrogen) atoms. The number of fused-ring (bicyclic) bond motifs is 1. The molecule has 0 radical (unpaired) electrons. The van der Waals surface area contributed by atoms with E-state index < -0.39 is 0 Å². The van der Waals surface area contributed by atoms with Crippen molar-refractivity contribution in [3.63, 3.8) is 0 Å². The second-order valence-electron chi connectivity index (χ2n) is 2.52. The summed E-state index contributed by atoms with van der Waals surface area (Å²) < 4.78 is 5.22. The van der Waals surface area contributed by atoms with Crippen LogP contribution in [-0.4, -0.2) is 11.5 Å². The Morgan fingerprint density at radius 2 is 2.42 bits per heavy atom. The van der Waals surface area contributed by atoms with E-state index in [-0.39, 0.29) is 0 Å². The van der Waals surface area contributed by atoms with E-state index in [0.717, 1.165) is 23.3 Å². The monoisotopic (exact) mass is 162 g/mol. The summed E-state index contributed by atoms with van der Waals surface area (Å²) in [6.45, 7) is 2.91. The minimum atomic E-state index is 0.872.